The summed E-state index contributed by atoms with van der Waals surface area (Å²) < 4.78 is 0.0946. The van der Waals surface area contributed by atoms with Gasteiger partial charge in [-0.3, -0.25) is 15.2 Å². The Morgan fingerprint density at radius 3 is 2.42 bits per heavy atom. The van der Waals surface area contributed by atoms with Crippen LogP contribution in [0.2, 0.25) is 0 Å². The van der Waals surface area contributed by atoms with Gasteiger partial charge in [0.05, 0.1) is 0 Å². The van der Waals surface area contributed by atoms with Crippen LogP contribution in [0.4, 0.5) is 11.6 Å². The third-order valence-corrected chi connectivity index (χ3v) is 3.03. The topological polar surface area (TPSA) is 84.9 Å². The molecular formula is C12H20BrN5O. The number of hydrogen-bond donors (Lipinski definition) is 3. The Balaban J connectivity index is 3.28. The molecular weight excluding hydrogens is 310 g/mol. The van der Waals surface area contributed by atoms with E-state index in [1.54, 1.807) is 7.05 Å². The molecule has 6 nitrogen and oxygen atoms in total. The van der Waals surface area contributed by atoms with Gasteiger partial charge in [0.25, 0.3) is 5.56 Å². The number of hydrogen-bond acceptors (Lipinski definition) is 5. The van der Waals surface area contributed by atoms with Gasteiger partial charge in [0.2, 0.25) is 5.95 Å². The number of nitrogens with zero attached hydrogens (tertiary/aromatic N) is 2. The highest BCUT2D eigenvalue weighted by Gasteiger charge is 2.16. The summed E-state index contributed by atoms with van der Waals surface area (Å²) in [6, 6.07) is 0. The highest BCUT2D eigenvalue weighted by atomic mass is 79.9. The van der Waals surface area contributed by atoms with Crippen LogP contribution in [0.15, 0.2) is 4.79 Å². The molecule has 1 aromatic rings. The van der Waals surface area contributed by atoms with Crippen molar-refractivity contribution >= 4 is 32.2 Å². The smallest absolute Gasteiger partial charge is 0.276 e. The summed E-state index contributed by atoms with van der Waals surface area (Å²) in [5, 5.41) is 10.4. The minimum atomic E-state index is -0.260. The average Bonchev–Trinajstić information content (AvgIpc) is 2.37. The van der Waals surface area contributed by atoms with E-state index < -0.39 is 0 Å². The molecule has 106 valence electrons. The van der Waals surface area contributed by atoms with Crippen LogP contribution in [0.5, 0.6) is 0 Å². The monoisotopic (exact) mass is 329 g/mol. The third-order valence-electron chi connectivity index (χ3n) is 2.65. The van der Waals surface area contributed by atoms with Gasteiger partial charge in [0.15, 0.2) is 0 Å². The maximum atomic E-state index is 12.0. The summed E-state index contributed by atoms with van der Waals surface area (Å²) >= 11 is 3.08. The zero-order valence-electron chi connectivity index (χ0n) is 11.5. The van der Waals surface area contributed by atoms with E-state index in [0.29, 0.717) is 17.3 Å². The normalized spacial score (nSPS) is 10.3. The fraction of sp³-hybridized carbons (Fsp3) is 0.583. The van der Waals surface area contributed by atoms with E-state index in [4.69, 9.17) is 5.41 Å². The maximum absolute atomic E-state index is 12.0. The van der Waals surface area contributed by atoms with E-state index in [9.17, 15) is 4.79 Å². The van der Waals surface area contributed by atoms with Gasteiger partial charge in [0, 0.05) is 20.1 Å². The number of aromatic amines is 1. The summed E-state index contributed by atoms with van der Waals surface area (Å²) in [6.45, 7) is 5.81. The lowest BCUT2D eigenvalue weighted by Crippen LogP contribution is -2.30. The standard InChI is InChI=1S/C12H20BrN5O/c1-4-6-18(7-5-2)12-16-8(10(13)14)9(15-3)11(19)17-12/h14-15H,4-7H2,1-3H3,(H,16,17,19). The molecule has 0 fully saturated rings. The van der Waals surface area contributed by atoms with Crippen molar-refractivity contribution in [2.24, 2.45) is 0 Å². The number of anilines is 2. The van der Waals surface area contributed by atoms with Crippen LogP contribution in [0.1, 0.15) is 32.4 Å². The molecule has 0 aliphatic heterocycles. The lowest BCUT2D eigenvalue weighted by atomic mass is 10.3. The van der Waals surface area contributed by atoms with Crippen molar-refractivity contribution < 1.29 is 0 Å². The molecule has 0 radical (unpaired) electrons. The van der Waals surface area contributed by atoms with Gasteiger partial charge in [-0.05, 0) is 28.8 Å². The summed E-state index contributed by atoms with van der Waals surface area (Å²) in [5.74, 6) is 0.520. The summed E-state index contributed by atoms with van der Waals surface area (Å²) in [6.07, 6.45) is 1.94. The van der Waals surface area contributed by atoms with Crippen molar-refractivity contribution in [3.8, 4) is 0 Å². The number of aromatic nitrogens is 2. The fourth-order valence-corrected chi connectivity index (χ4v) is 2.15. The van der Waals surface area contributed by atoms with Crippen LogP contribution in [0.3, 0.4) is 0 Å². The van der Waals surface area contributed by atoms with Crippen LogP contribution in [-0.4, -0.2) is 34.7 Å². The van der Waals surface area contributed by atoms with Gasteiger partial charge >= 0.3 is 0 Å². The van der Waals surface area contributed by atoms with E-state index in [1.807, 2.05) is 4.90 Å². The largest absolute Gasteiger partial charge is 0.382 e. The molecule has 7 heteroatoms. The molecule has 19 heavy (non-hydrogen) atoms. The molecule has 1 rings (SSSR count). The average molecular weight is 330 g/mol. The molecule has 0 aromatic carbocycles. The maximum Gasteiger partial charge on any atom is 0.276 e. The molecule has 0 aliphatic carbocycles. The first-order chi connectivity index (χ1) is 9.04. The zero-order valence-corrected chi connectivity index (χ0v) is 13.1. The molecule has 0 atom stereocenters. The number of halogens is 1. The second-order valence-electron chi connectivity index (χ2n) is 4.16. The quantitative estimate of drug-likeness (QED) is 0.669. The van der Waals surface area contributed by atoms with Crippen LogP contribution in [-0.2, 0) is 0 Å². The highest BCUT2D eigenvalue weighted by Crippen LogP contribution is 2.15. The predicted molar refractivity (Wildman–Crippen MR) is 83.0 cm³/mol. The van der Waals surface area contributed by atoms with Gasteiger partial charge in [-0.1, -0.05) is 13.8 Å². The molecule has 0 unspecified atom stereocenters. The van der Waals surface area contributed by atoms with Gasteiger partial charge in [0.1, 0.15) is 16.0 Å². The predicted octanol–water partition coefficient (Wildman–Crippen LogP) is 2.16. The molecule has 0 spiro atoms. The Hall–Kier alpha value is -1.37. The van der Waals surface area contributed by atoms with Gasteiger partial charge in [-0.15, -0.1) is 0 Å². The Labute approximate surface area is 121 Å². The van der Waals surface area contributed by atoms with E-state index in [2.05, 4.69) is 45.1 Å². The molecule has 3 N–H and O–H groups in total. The molecule has 0 amide bonds. The van der Waals surface area contributed by atoms with Gasteiger partial charge in [-0.25, -0.2) is 4.98 Å². The second-order valence-corrected chi connectivity index (χ2v) is 4.96. The summed E-state index contributed by atoms with van der Waals surface area (Å²) in [5.41, 5.74) is 0.376. The summed E-state index contributed by atoms with van der Waals surface area (Å²) in [7, 11) is 1.64. The zero-order chi connectivity index (χ0) is 14.4. The van der Waals surface area contributed by atoms with E-state index in [1.165, 1.54) is 0 Å². The Bertz CT molecular complexity index is 493. The van der Waals surface area contributed by atoms with E-state index in [-0.39, 0.29) is 10.2 Å². The number of H-pyrrole nitrogens is 1. The van der Waals surface area contributed by atoms with Crippen LogP contribution < -0.4 is 15.8 Å². The van der Waals surface area contributed by atoms with Crippen molar-refractivity contribution in [2.45, 2.75) is 26.7 Å². The van der Waals surface area contributed by atoms with Crippen molar-refractivity contribution in [3.05, 3.63) is 16.0 Å². The minimum Gasteiger partial charge on any atom is -0.382 e. The van der Waals surface area contributed by atoms with Crippen LogP contribution in [0, 0.1) is 5.41 Å². The highest BCUT2D eigenvalue weighted by molar-refractivity contribution is 9.18. The molecule has 0 bridgehead atoms. The molecule has 0 saturated heterocycles. The first kappa shape index (κ1) is 15.7. The summed E-state index contributed by atoms with van der Waals surface area (Å²) in [4.78, 5) is 21.2. The van der Waals surface area contributed by atoms with Crippen molar-refractivity contribution in [1.29, 1.82) is 5.41 Å². The number of nitrogens with one attached hydrogen (secondary N) is 3. The SMILES string of the molecule is CCCN(CCC)c1nc(C(=N)Br)c(NC)c(=O)[nH]1. The molecule has 0 saturated carbocycles. The minimum absolute atomic E-state index is 0.0946. The van der Waals surface area contributed by atoms with Gasteiger partial charge in [-0.2, -0.15) is 0 Å². The molecule has 0 aliphatic rings. The Morgan fingerprint density at radius 1 is 1.42 bits per heavy atom. The first-order valence-corrected chi connectivity index (χ1v) is 7.15. The first-order valence-electron chi connectivity index (χ1n) is 6.36. The lowest BCUT2D eigenvalue weighted by Gasteiger charge is -2.22. The molecule has 1 aromatic heterocycles. The van der Waals surface area contributed by atoms with Gasteiger partial charge < -0.3 is 10.2 Å². The Kier molecular flexibility index (Phi) is 6.01. The molecule has 1 heterocycles. The van der Waals surface area contributed by atoms with Crippen LogP contribution >= 0.6 is 15.9 Å². The van der Waals surface area contributed by atoms with E-state index >= 15 is 0 Å². The van der Waals surface area contributed by atoms with Crippen molar-refractivity contribution in [2.75, 3.05) is 30.4 Å². The van der Waals surface area contributed by atoms with Crippen molar-refractivity contribution in [1.82, 2.24) is 9.97 Å². The van der Waals surface area contributed by atoms with Crippen molar-refractivity contribution in [3.63, 3.8) is 0 Å². The second kappa shape index (κ2) is 7.28. The fourth-order valence-electron chi connectivity index (χ4n) is 1.87. The Morgan fingerprint density at radius 2 is 2.00 bits per heavy atom. The lowest BCUT2D eigenvalue weighted by molar-refractivity contribution is 0.719. The third kappa shape index (κ3) is 3.79. The van der Waals surface area contributed by atoms with E-state index in [0.717, 1.165) is 25.9 Å². The van der Waals surface area contributed by atoms with Crippen LogP contribution in [0.25, 0.3) is 0 Å². The number of rotatable bonds is 7.